The van der Waals surface area contributed by atoms with Gasteiger partial charge in [-0.15, -0.1) is 0 Å². The predicted octanol–water partition coefficient (Wildman–Crippen LogP) is 3.64. The Hall–Kier alpha value is -2.61. The van der Waals surface area contributed by atoms with E-state index in [1.165, 1.54) is 0 Å². The molecule has 0 spiro atoms. The zero-order valence-corrected chi connectivity index (χ0v) is 20.5. The van der Waals surface area contributed by atoms with Crippen LogP contribution in [0.4, 0.5) is 0 Å². The average Bonchev–Trinajstić information content (AvgIpc) is 3.04. The number of halogens is 1. The van der Waals surface area contributed by atoms with E-state index in [1.807, 2.05) is 25.1 Å². The quantitative estimate of drug-likeness (QED) is 0.562. The van der Waals surface area contributed by atoms with Gasteiger partial charge in [-0.25, -0.2) is 0 Å². The Bertz CT molecular complexity index is 1270. The minimum Gasteiger partial charge on any atom is -0.378 e. The number of pyridine rings is 1. The monoisotopic (exact) mass is 482 g/mol. The maximum absolute atomic E-state index is 13.3. The van der Waals surface area contributed by atoms with E-state index in [0.717, 1.165) is 62.3 Å². The highest BCUT2D eigenvalue weighted by molar-refractivity contribution is 6.31. The molecule has 0 saturated carbocycles. The summed E-state index contributed by atoms with van der Waals surface area (Å²) in [5.74, 6) is 0.385. The van der Waals surface area contributed by atoms with Gasteiger partial charge in [-0.2, -0.15) is 0 Å². The third-order valence-corrected chi connectivity index (χ3v) is 7.66. The summed E-state index contributed by atoms with van der Waals surface area (Å²) < 4.78 is 7.65. The van der Waals surface area contributed by atoms with E-state index >= 15 is 0 Å². The number of nitrogens with zero attached hydrogens (tertiary/aromatic N) is 2. The van der Waals surface area contributed by atoms with Crippen molar-refractivity contribution in [1.29, 1.82) is 0 Å². The summed E-state index contributed by atoms with van der Waals surface area (Å²) in [5.41, 5.74) is 3.48. The number of ether oxygens (including phenoxy) is 1. The lowest BCUT2D eigenvalue weighted by Gasteiger charge is -2.41. The number of likely N-dealkylation sites (tertiary alicyclic amines) is 1. The summed E-state index contributed by atoms with van der Waals surface area (Å²) in [4.78, 5) is 30.9. The van der Waals surface area contributed by atoms with Crippen LogP contribution in [0.5, 0.6) is 0 Å². The van der Waals surface area contributed by atoms with Gasteiger partial charge < -0.3 is 19.6 Å². The molecule has 180 valence electrons. The largest absolute Gasteiger partial charge is 0.378 e. The van der Waals surface area contributed by atoms with Crippen molar-refractivity contribution in [2.24, 2.45) is 5.92 Å². The van der Waals surface area contributed by atoms with Gasteiger partial charge in [0.1, 0.15) is 0 Å². The van der Waals surface area contributed by atoms with Crippen LogP contribution in [0.2, 0.25) is 5.02 Å². The van der Waals surface area contributed by atoms with E-state index < -0.39 is 0 Å². The van der Waals surface area contributed by atoms with Crippen LogP contribution < -0.4 is 10.9 Å². The molecule has 7 nitrogen and oxygen atoms in total. The lowest BCUT2D eigenvalue weighted by Crippen LogP contribution is -2.52. The van der Waals surface area contributed by atoms with Crippen molar-refractivity contribution in [2.75, 3.05) is 26.3 Å². The predicted molar refractivity (Wildman–Crippen MR) is 134 cm³/mol. The van der Waals surface area contributed by atoms with Gasteiger partial charge in [-0.05, 0) is 57.8 Å². The van der Waals surface area contributed by atoms with Gasteiger partial charge in [0.05, 0.1) is 41.9 Å². The van der Waals surface area contributed by atoms with E-state index in [2.05, 4.69) is 25.8 Å². The Morgan fingerprint density at radius 2 is 1.94 bits per heavy atom. The molecule has 8 heteroatoms. The van der Waals surface area contributed by atoms with Crippen molar-refractivity contribution in [2.45, 2.75) is 45.8 Å². The fourth-order valence-electron chi connectivity index (χ4n) is 5.24. The number of hydrogen-bond acceptors (Lipinski definition) is 4. The summed E-state index contributed by atoms with van der Waals surface area (Å²) in [6.45, 7) is 8.72. The van der Waals surface area contributed by atoms with E-state index in [4.69, 9.17) is 16.3 Å². The lowest BCUT2D eigenvalue weighted by molar-refractivity contribution is -0.0742. The van der Waals surface area contributed by atoms with E-state index in [9.17, 15) is 9.59 Å². The van der Waals surface area contributed by atoms with Crippen molar-refractivity contribution in [3.63, 3.8) is 0 Å². The van der Waals surface area contributed by atoms with Crippen molar-refractivity contribution in [3.05, 3.63) is 68.2 Å². The molecule has 4 heterocycles. The SMILES string of the molecule is Cc1cc(Cl)c(CNC(=O)c2c(C)n(CC3CCN(C4COC4)CC3)c3ccccc23)c(=O)[nH]1. The van der Waals surface area contributed by atoms with Crippen LogP contribution in [0.1, 0.15) is 40.2 Å². The molecule has 5 rings (SSSR count). The van der Waals surface area contributed by atoms with Gasteiger partial charge in [0.2, 0.25) is 0 Å². The number of fused-ring (bicyclic) bond motifs is 1. The molecule has 0 radical (unpaired) electrons. The van der Waals surface area contributed by atoms with Crippen LogP contribution in [0.3, 0.4) is 0 Å². The number of rotatable bonds is 6. The number of piperidine rings is 1. The highest BCUT2D eigenvalue weighted by Gasteiger charge is 2.30. The second kappa shape index (κ2) is 9.56. The molecular formula is C26H31ClN4O3. The average molecular weight is 483 g/mol. The van der Waals surface area contributed by atoms with E-state index in [0.29, 0.717) is 33.8 Å². The lowest BCUT2D eigenvalue weighted by atomic mass is 9.95. The first-order valence-corrected chi connectivity index (χ1v) is 12.4. The third kappa shape index (κ3) is 4.40. The molecule has 2 fully saturated rings. The van der Waals surface area contributed by atoms with Gasteiger partial charge in [0.25, 0.3) is 11.5 Å². The van der Waals surface area contributed by atoms with Crippen molar-refractivity contribution in [3.8, 4) is 0 Å². The highest BCUT2D eigenvalue weighted by Crippen LogP contribution is 2.30. The molecule has 2 aromatic heterocycles. The fraction of sp³-hybridized carbons (Fsp3) is 0.462. The number of hydrogen-bond donors (Lipinski definition) is 2. The molecule has 0 bridgehead atoms. The van der Waals surface area contributed by atoms with Crippen LogP contribution >= 0.6 is 11.6 Å². The van der Waals surface area contributed by atoms with E-state index in [1.54, 1.807) is 13.0 Å². The number of para-hydroxylation sites is 1. The third-order valence-electron chi connectivity index (χ3n) is 7.33. The molecule has 2 aliphatic rings. The summed E-state index contributed by atoms with van der Waals surface area (Å²) in [6.07, 6.45) is 2.30. The summed E-state index contributed by atoms with van der Waals surface area (Å²) in [5, 5.41) is 4.22. The topological polar surface area (TPSA) is 79.4 Å². The molecule has 3 aromatic rings. The van der Waals surface area contributed by atoms with Crippen molar-refractivity contribution in [1.82, 2.24) is 19.8 Å². The Balaban J connectivity index is 1.35. The zero-order valence-electron chi connectivity index (χ0n) is 19.7. The normalized spacial score (nSPS) is 17.7. The number of carbonyl (C=O) groups is 1. The number of benzene rings is 1. The first-order chi connectivity index (χ1) is 16.4. The summed E-state index contributed by atoms with van der Waals surface area (Å²) in [7, 11) is 0. The minimum absolute atomic E-state index is 0.0789. The number of carbonyl (C=O) groups excluding carboxylic acids is 1. The van der Waals surface area contributed by atoms with Crippen LogP contribution in [0.25, 0.3) is 10.9 Å². The summed E-state index contributed by atoms with van der Waals surface area (Å²) in [6, 6.07) is 10.4. The highest BCUT2D eigenvalue weighted by atomic mass is 35.5. The molecule has 2 saturated heterocycles. The van der Waals surface area contributed by atoms with Gasteiger partial charge in [0, 0.05) is 28.8 Å². The van der Waals surface area contributed by atoms with E-state index in [-0.39, 0.29) is 18.0 Å². The zero-order chi connectivity index (χ0) is 23.8. The number of aryl methyl sites for hydroxylation is 1. The van der Waals surface area contributed by atoms with Crippen LogP contribution in [0, 0.1) is 19.8 Å². The maximum Gasteiger partial charge on any atom is 0.254 e. The molecule has 0 aliphatic carbocycles. The number of nitrogens with one attached hydrogen (secondary N) is 2. The first kappa shape index (κ1) is 23.1. The Morgan fingerprint density at radius 3 is 2.62 bits per heavy atom. The van der Waals surface area contributed by atoms with Crippen molar-refractivity contribution >= 4 is 28.4 Å². The molecule has 1 aromatic carbocycles. The molecule has 2 N–H and O–H groups in total. The van der Waals surface area contributed by atoms with Gasteiger partial charge >= 0.3 is 0 Å². The Morgan fingerprint density at radius 1 is 1.21 bits per heavy atom. The second-order valence-electron chi connectivity index (χ2n) is 9.55. The minimum atomic E-state index is -0.274. The van der Waals surface area contributed by atoms with Crippen LogP contribution in [-0.2, 0) is 17.8 Å². The number of aromatic amines is 1. The standard InChI is InChI=1S/C26H31ClN4O3/c1-16-11-22(27)21(25(32)29-16)12-28-26(33)24-17(2)31(23-6-4-3-5-20(23)24)13-18-7-9-30(10-8-18)19-14-34-15-19/h3-6,11,18-19H,7-10,12-15H2,1-2H3,(H,28,33)(H,29,32). The Labute approximate surface area is 204 Å². The smallest absolute Gasteiger partial charge is 0.254 e. The van der Waals surface area contributed by atoms with Crippen LogP contribution in [0.15, 0.2) is 35.1 Å². The first-order valence-electron chi connectivity index (χ1n) is 12.0. The molecule has 1 amide bonds. The molecule has 0 unspecified atom stereocenters. The van der Waals surface area contributed by atoms with Gasteiger partial charge in [0.15, 0.2) is 0 Å². The van der Waals surface area contributed by atoms with Crippen LogP contribution in [-0.4, -0.2) is 52.7 Å². The second-order valence-corrected chi connectivity index (χ2v) is 9.96. The van der Waals surface area contributed by atoms with Gasteiger partial charge in [-0.1, -0.05) is 29.8 Å². The van der Waals surface area contributed by atoms with Gasteiger partial charge in [-0.3, -0.25) is 14.5 Å². The molecular weight excluding hydrogens is 452 g/mol. The number of amides is 1. The van der Waals surface area contributed by atoms with Crippen molar-refractivity contribution < 1.29 is 9.53 Å². The molecule has 34 heavy (non-hydrogen) atoms. The maximum atomic E-state index is 13.3. The fourth-order valence-corrected chi connectivity index (χ4v) is 5.56. The Kier molecular flexibility index (Phi) is 6.51. The number of H-pyrrole nitrogens is 1. The molecule has 0 atom stereocenters. The molecule has 2 aliphatic heterocycles. The number of aromatic nitrogens is 2. The summed E-state index contributed by atoms with van der Waals surface area (Å²) >= 11 is 6.26.